The summed E-state index contributed by atoms with van der Waals surface area (Å²) < 4.78 is 23.4. The van der Waals surface area contributed by atoms with Crippen molar-refractivity contribution in [2.45, 2.75) is 37.4 Å². The molecule has 1 aliphatic heterocycles. The number of rotatable bonds is 1. The SMILES string of the molecule is CS(=O)(=O)C1CCCC12CCC(=O)NC2. The Morgan fingerprint density at radius 2 is 2.13 bits per heavy atom. The number of carbonyl (C=O) groups is 1. The lowest BCUT2D eigenvalue weighted by atomic mass is 9.79. The molecule has 0 aromatic carbocycles. The van der Waals surface area contributed by atoms with Crippen LogP contribution < -0.4 is 5.32 Å². The van der Waals surface area contributed by atoms with Crippen molar-refractivity contribution in [1.82, 2.24) is 5.32 Å². The van der Waals surface area contributed by atoms with Crippen LogP contribution in [-0.4, -0.2) is 32.4 Å². The molecule has 1 spiro atoms. The molecular formula is C10H17NO3S. The second kappa shape index (κ2) is 3.47. The first-order chi connectivity index (χ1) is 6.94. The summed E-state index contributed by atoms with van der Waals surface area (Å²) in [4.78, 5) is 11.1. The normalized spacial score (nSPS) is 36.9. The van der Waals surface area contributed by atoms with E-state index in [9.17, 15) is 13.2 Å². The summed E-state index contributed by atoms with van der Waals surface area (Å²) in [7, 11) is -2.98. The highest BCUT2D eigenvalue weighted by Crippen LogP contribution is 2.46. The summed E-state index contributed by atoms with van der Waals surface area (Å²) in [6.07, 6.45) is 5.19. The average molecular weight is 231 g/mol. The molecule has 1 aliphatic carbocycles. The Hall–Kier alpha value is -0.580. The van der Waals surface area contributed by atoms with Gasteiger partial charge in [-0.2, -0.15) is 0 Å². The van der Waals surface area contributed by atoms with Gasteiger partial charge in [0, 0.05) is 24.6 Å². The quantitative estimate of drug-likeness (QED) is 0.714. The van der Waals surface area contributed by atoms with E-state index in [1.165, 1.54) is 6.26 Å². The van der Waals surface area contributed by atoms with E-state index in [0.717, 1.165) is 25.7 Å². The Kier molecular flexibility index (Phi) is 2.53. The molecule has 2 unspecified atom stereocenters. The Morgan fingerprint density at radius 1 is 1.40 bits per heavy atom. The van der Waals surface area contributed by atoms with Gasteiger partial charge in [0.1, 0.15) is 0 Å². The Morgan fingerprint density at radius 3 is 2.67 bits per heavy atom. The van der Waals surface area contributed by atoms with Gasteiger partial charge in [-0.05, 0) is 19.3 Å². The van der Waals surface area contributed by atoms with Gasteiger partial charge >= 0.3 is 0 Å². The van der Waals surface area contributed by atoms with Crippen molar-refractivity contribution in [3.05, 3.63) is 0 Å². The van der Waals surface area contributed by atoms with Crippen molar-refractivity contribution in [1.29, 1.82) is 0 Å². The maximum absolute atomic E-state index is 11.7. The van der Waals surface area contributed by atoms with Gasteiger partial charge in [-0.3, -0.25) is 4.79 Å². The summed E-state index contributed by atoms with van der Waals surface area (Å²) >= 11 is 0. The van der Waals surface area contributed by atoms with Crippen LogP contribution in [0, 0.1) is 5.41 Å². The number of piperidine rings is 1. The molecular weight excluding hydrogens is 214 g/mol. The van der Waals surface area contributed by atoms with Crippen molar-refractivity contribution in [3.8, 4) is 0 Å². The second-order valence-electron chi connectivity index (χ2n) is 4.85. The minimum Gasteiger partial charge on any atom is -0.356 e. The Balaban J connectivity index is 2.23. The van der Waals surface area contributed by atoms with E-state index in [2.05, 4.69) is 5.32 Å². The zero-order chi connectivity index (χ0) is 11.1. The molecule has 86 valence electrons. The van der Waals surface area contributed by atoms with Crippen LogP contribution in [0.1, 0.15) is 32.1 Å². The van der Waals surface area contributed by atoms with Crippen LogP contribution in [0.2, 0.25) is 0 Å². The van der Waals surface area contributed by atoms with Gasteiger partial charge < -0.3 is 5.32 Å². The number of amides is 1. The molecule has 0 aromatic rings. The van der Waals surface area contributed by atoms with E-state index in [0.29, 0.717) is 13.0 Å². The first kappa shape index (κ1) is 10.9. The number of sulfone groups is 1. The molecule has 1 saturated carbocycles. The van der Waals surface area contributed by atoms with E-state index >= 15 is 0 Å². The van der Waals surface area contributed by atoms with Gasteiger partial charge in [-0.1, -0.05) is 6.42 Å². The molecule has 5 heteroatoms. The third kappa shape index (κ3) is 1.89. The number of carbonyl (C=O) groups excluding carboxylic acids is 1. The van der Waals surface area contributed by atoms with Crippen LogP contribution in [0.25, 0.3) is 0 Å². The minimum atomic E-state index is -2.98. The highest BCUT2D eigenvalue weighted by atomic mass is 32.2. The fourth-order valence-electron chi connectivity index (χ4n) is 3.08. The zero-order valence-corrected chi connectivity index (χ0v) is 9.77. The monoisotopic (exact) mass is 231 g/mol. The highest BCUT2D eigenvalue weighted by Gasteiger charge is 2.49. The first-order valence-corrected chi connectivity index (χ1v) is 7.35. The third-order valence-corrected chi connectivity index (χ3v) is 5.60. The van der Waals surface area contributed by atoms with Crippen molar-refractivity contribution < 1.29 is 13.2 Å². The lowest BCUT2D eigenvalue weighted by Gasteiger charge is -2.37. The lowest BCUT2D eigenvalue weighted by Crippen LogP contribution is -2.49. The number of nitrogens with one attached hydrogen (secondary N) is 1. The molecule has 2 aliphatic rings. The summed E-state index contributed by atoms with van der Waals surface area (Å²) in [5, 5.41) is 2.57. The van der Waals surface area contributed by atoms with E-state index in [4.69, 9.17) is 0 Å². The molecule has 1 saturated heterocycles. The van der Waals surface area contributed by atoms with E-state index < -0.39 is 9.84 Å². The zero-order valence-electron chi connectivity index (χ0n) is 8.95. The fraction of sp³-hybridized carbons (Fsp3) is 0.900. The maximum Gasteiger partial charge on any atom is 0.220 e. The highest BCUT2D eigenvalue weighted by molar-refractivity contribution is 7.91. The fourth-order valence-corrected chi connectivity index (χ4v) is 4.90. The molecule has 2 fully saturated rings. The summed E-state index contributed by atoms with van der Waals surface area (Å²) in [6, 6.07) is 0. The van der Waals surface area contributed by atoms with Gasteiger partial charge in [0.05, 0.1) is 5.25 Å². The number of hydrogen-bond acceptors (Lipinski definition) is 3. The second-order valence-corrected chi connectivity index (χ2v) is 7.08. The average Bonchev–Trinajstić information content (AvgIpc) is 2.54. The van der Waals surface area contributed by atoms with Crippen molar-refractivity contribution >= 4 is 15.7 Å². The molecule has 1 heterocycles. The molecule has 4 nitrogen and oxygen atoms in total. The van der Waals surface area contributed by atoms with Gasteiger partial charge in [-0.15, -0.1) is 0 Å². The van der Waals surface area contributed by atoms with E-state index in [1.54, 1.807) is 0 Å². The number of hydrogen-bond donors (Lipinski definition) is 1. The van der Waals surface area contributed by atoms with Gasteiger partial charge in [0.25, 0.3) is 0 Å². The van der Waals surface area contributed by atoms with Crippen LogP contribution in [-0.2, 0) is 14.6 Å². The third-order valence-electron chi connectivity index (χ3n) is 3.83. The molecule has 15 heavy (non-hydrogen) atoms. The minimum absolute atomic E-state index is 0.0553. The summed E-state index contributed by atoms with van der Waals surface area (Å²) in [5.41, 5.74) is -0.165. The topological polar surface area (TPSA) is 63.2 Å². The first-order valence-electron chi connectivity index (χ1n) is 5.40. The molecule has 0 bridgehead atoms. The van der Waals surface area contributed by atoms with Crippen LogP contribution >= 0.6 is 0 Å². The predicted molar refractivity (Wildman–Crippen MR) is 57.2 cm³/mol. The Bertz CT molecular complexity index is 364. The molecule has 0 radical (unpaired) electrons. The smallest absolute Gasteiger partial charge is 0.220 e. The van der Waals surface area contributed by atoms with Crippen molar-refractivity contribution in [3.63, 3.8) is 0 Å². The van der Waals surface area contributed by atoms with Crippen molar-refractivity contribution in [2.24, 2.45) is 5.41 Å². The maximum atomic E-state index is 11.7. The van der Waals surface area contributed by atoms with E-state index in [1.807, 2.05) is 0 Å². The largest absolute Gasteiger partial charge is 0.356 e. The Labute approximate surface area is 90.3 Å². The van der Waals surface area contributed by atoms with Gasteiger partial charge in [-0.25, -0.2) is 8.42 Å². The van der Waals surface area contributed by atoms with Crippen molar-refractivity contribution in [2.75, 3.05) is 12.8 Å². The molecule has 1 amide bonds. The van der Waals surface area contributed by atoms with Crippen LogP contribution in [0.4, 0.5) is 0 Å². The lowest BCUT2D eigenvalue weighted by molar-refractivity contribution is -0.124. The standard InChI is InChI=1S/C10H17NO3S/c1-15(13,14)8-3-2-5-10(8)6-4-9(12)11-7-10/h8H,2-7H2,1H3,(H,11,12). The molecule has 2 rings (SSSR count). The molecule has 0 aromatic heterocycles. The van der Waals surface area contributed by atoms with Crippen LogP contribution in [0.15, 0.2) is 0 Å². The summed E-state index contributed by atoms with van der Waals surface area (Å²) in [6.45, 7) is 0.545. The predicted octanol–water partition coefficient (Wildman–Crippen LogP) is 0.480. The van der Waals surface area contributed by atoms with Gasteiger partial charge in [0.15, 0.2) is 9.84 Å². The molecule has 1 N–H and O–H groups in total. The molecule has 2 atom stereocenters. The van der Waals surface area contributed by atoms with Gasteiger partial charge in [0.2, 0.25) is 5.91 Å². The van der Waals surface area contributed by atoms with Crippen LogP contribution in [0.5, 0.6) is 0 Å². The van der Waals surface area contributed by atoms with E-state index in [-0.39, 0.29) is 16.6 Å². The van der Waals surface area contributed by atoms with Crippen LogP contribution in [0.3, 0.4) is 0 Å². The summed E-state index contributed by atoms with van der Waals surface area (Å²) in [5.74, 6) is 0.0553.